The Kier molecular flexibility index (Phi) is 6.42. The molecule has 0 saturated heterocycles. The van der Waals surface area contributed by atoms with Crippen LogP contribution in [0.3, 0.4) is 0 Å². The van der Waals surface area contributed by atoms with E-state index < -0.39 is 34.9 Å². The Morgan fingerprint density at radius 3 is 2.55 bits per heavy atom. The summed E-state index contributed by atoms with van der Waals surface area (Å²) in [5.74, 6) is -1.51. The molecule has 3 heterocycles. The number of alkyl halides is 3. The number of aromatic nitrogens is 2. The molecule has 2 aromatic heterocycles. The lowest BCUT2D eigenvalue weighted by Gasteiger charge is -2.29. The van der Waals surface area contributed by atoms with Gasteiger partial charge in [-0.3, -0.25) is 4.79 Å². The van der Waals surface area contributed by atoms with Crippen LogP contribution in [0.25, 0.3) is 22.4 Å². The summed E-state index contributed by atoms with van der Waals surface area (Å²) < 4.78 is 67.9. The first-order valence-corrected chi connectivity index (χ1v) is 13.2. The molecule has 0 bridgehead atoms. The molecule has 0 radical (unpaired) electrons. The minimum absolute atomic E-state index is 0.0840. The van der Waals surface area contributed by atoms with Gasteiger partial charge in [0, 0.05) is 23.1 Å². The van der Waals surface area contributed by atoms with Crippen LogP contribution in [0.5, 0.6) is 11.5 Å². The number of ketones is 1. The highest BCUT2D eigenvalue weighted by Gasteiger charge is 2.48. The van der Waals surface area contributed by atoms with Crippen LogP contribution in [0.1, 0.15) is 54.2 Å². The number of aliphatic hydroxyl groups is 1. The number of nitrogen functional groups attached to an aromatic ring is 1. The summed E-state index contributed by atoms with van der Waals surface area (Å²) in [5.41, 5.74) is 10.8. The fourth-order valence-corrected chi connectivity index (χ4v) is 5.36. The summed E-state index contributed by atoms with van der Waals surface area (Å²) in [6.07, 6.45) is -4.01. The Hall–Kier alpha value is -4.23. The van der Waals surface area contributed by atoms with Crippen LogP contribution in [0, 0.1) is 11.7 Å². The van der Waals surface area contributed by atoms with Gasteiger partial charge in [0.2, 0.25) is 0 Å². The Labute approximate surface area is 236 Å². The maximum absolute atomic E-state index is 13.7. The summed E-state index contributed by atoms with van der Waals surface area (Å²) in [5, 5.41) is 12.0. The van der Waals surface area contributed by atoms with E-state index in [1.807, 2.05) is 0 Å². The van der Waals surface area contributed by atoms with Crippen LogP contribution < -0.4 is 20.9 Å². The molecule has 4 aromatic rings. The molecule has 9 nitrogen and oxygen atoms in total. The van der Waals surface area contributed by atoms with Crippen LogP contribution in [0.2, 0.25) is 0 Å². The lowest BCUT2D eigenvalue weighted by atomic mass is 9.83. The van der Waals surface area contributed by atoms with Crippen molar-refractivity contribution in [1.29, 1.82) is 0 Å². The van der Waals surface area contributed by atoms with Crippen LogP contribution in [0.15, 0.2) is 46.9 Å². The van der Waals surface area contributed by atoms with Gasteiger partial charge in [-0.15, -0.1) is 13.2 Å². The molecular weight excluding hydrogens is 560 g/mol. The minimum Gasteiger partial charge on any atom is -0.489 e. The van der Waals surface area contributed by atoms with Crippen molar-refractivity contribution in [2.75, 3.05) is 12.3 Å². The Morgan fingerprint density at radius 2 is 1.88 bits per heavy atom. The number of hydrogen-bond donors (Lipinski definition) is 3. The third-order valence-corrected chi connectivity index (χ3v) is 7.68. The number of Topliss-reactive ketones (excluding diaryl/α,β-unsaturated/α-hetero) is 1. The predicted molar refractivity (Wildman–Crippen MR) is 142 cm³/mol. The summed E-state index contributed by atoms with van der Waals surface area (Å²) in [4.78, 5) is 21.8. The fourth-order valence-electron chi connectivity index (χ4n) is 5.36. The topological polar surface area (TPSA) is 147 Å². The number of fused-ring (bicyclic) bond motifs is 2. The molecule has 1 saturated carbocycles. The van der Waals surface area contributed by atoms with Gasteiger partial charge in [0.05, 0.1) is 11.2 Å². The van der Waals surface area contributed by atoms with E-state index in [1.165, 1.54) is 18.2 Å². The van der Waals surface area contributed by atoms with E-state index in [0.717, 1.165) is 6.07 Å². The number of halogens is 4. The zero-order valence-corrected chi connectivity index (χ0v) is 22.3. The summed E-state index contributed by atoms with van der Waals surface area (Å²) >= 11 is 0. The number of oxazole rings is 1. The highest BCUT2D eigenvalue weighted by molar-refractivity contribution is 6.00. The molecule has 0 amide bonds. The second-order valence-corrected chi connectivity index (χ2v) is 11.0. The molecular formula is C29H26F4N4O5. The number of ether oxygens (including phenoxy) is 2. The second-order valence-electron chi connectivity index (χ2n) is 11.0. The van der Waals surface area contributed by atoms with Crippen molar-refractivity contribution >= 4 is 22.9 Å². The molecule has 1 aliphatic carbocycles. The van der Waals surface area contributed by atoms with Crippen LogP contribution in [0.4, 0.5) is 23.6 Å². The lowest BCUT2D eigenvalue weighted by Crippen LogP contribution is -2.35. The van der Waals surface area contributed by atoms with Gasteiger partial charge in [-0.25, -0.2) is 9.37 Å². The molecule has 0 spiro atoms. The Balaban J connectivity index is 1.35. The number of anilines is 1. The van der Waals surface area contributed by atoms with Gasteiger partial charge >= 0.3 is 6.36 Å². The van der Waals surface area contributed by atoms with Crippen molar-refractivity contribution in [3.05, 3.63) is 65.1 Å². The van der Waals surface area contributed by atoms with Gasteiger partial charge in [-0.1, -0.05) is 0 Å². The molecule has 6 rings (SSSR count). The van der Waals surface area contributed by atoms with Crippen LogP contribution in [-0.4, -0.2) is 33.8 Å². The average Bonchev–Trinajstić information content (AvgIpc) is 3.64. The van der Waals surface area contributed by atoms with Crippen molar-refractivity contribution < 1.29 is 41.4 Å². The Bertz CT molecular complexity index is 1700. The van der Waals surface area contributed by atoms with E-state index in [9.17, 15) is 27.5 Å². The molecule has 1 aliphatic heterocycles. The first kappa shape index (κ1) is 27.9. The van der Waals surface area contributed by atoms with Crippen molar-refractivity contribution in [3.63, 3.8) is 0 Å². The molecule has 2 aliphatic rings. The maximum atomic E-state index is 13.7. The van der Waals surface area contributed by atoms with E-state index >= 15 is 0 Å². The molecule has 13 heteroatoms. The standard InChI is InChI=1S/C29H26F4N4O5/c1-27(35)13-40-25-18(27)12-22(36-23(25)14-2-6-17(30)7-3-14)28(39,16-4-5-16)9-8-19(38)15-10-20-24(37-26(34)41-20)21(11-15)42-29(31,32)33/h2-3,6-7,10-12,16,39H,4-5,8-9,13,35H2,1H3,(H2,34,37)/t27-,28+/m0/s1. The number of rotatable bonds is 8. The zero-order chi connectivity index (χ0) is 30.0. The predicted octanol–water partition coefficient (Wildman–Crippen LogP) is 5.34. The van der Waals surface area contributed by atoms with E-state index in [1.54, 1.807) is 25.1 Å². The molecule has 1 fully saturated rings. The van der Waals surface area contributed by atoms with Crippen LogP contribution in [-0.2, 0) is 11.1 Å². The zero-order valence-electron chi connectivity index (χ0n) is 22.3. The van der Waals surface area contributed by atoms with Crippen molar-refractivity contribution in [3.8, 4) is 22.8 Å². The maximum Gasteiger partial charge on any atom is 0.573 e. The number of nitrogens with two attached hydrogens (primary N) is 2. The lowest BCUT2D eigenvalue weighted by molar-refractivity contribution is -0.274. The fraction of sp³-hybridized carbons (Fsp3) is 0.345. The van der Waals surface area contributed by atoms with E-state index in [2.05, 4.69) is 9.72 Å². The summed E-state index contributed by atoms with van der Waals surface area (Å²) in [6.45, 7) is 1.95. The number of hydrogen-bond acceptors (Lipinski definition) is 9. The third-order valence-electron chi connectivity index (χ3n) is 7.68. The largest absolute Gasteiger partial charge is 0.573 e. The number of pyridine rings is 1. The molecule has 0 unspecified atom stereocenters. The quantitative estimate of drug-likeness (QED) is 0.184. The van der Waals surface area contributed by atoms with Crippen molar-refractivity contribution in [1.82, 2.24) is 9.97 Å². The van der Waals surface area contributed by atoms with Crippen molar-refractivity contribution in [2.45, 2.75) is 50.1 Å². The first-order chi connectivity index (χ1) is 19.7. The smallest absolute Gasteiger partial charge is 0.489 e. The number of benzene rings is 2. The van der Waals surface area contributed by atoms with E-state index in [4.69, 9.17) is 25.6 Å². The Morgan fingerprint density at radius 1 is 1.17 bits per heavy atom. The highest BCUT2D eigenvalue weighted by Crippen LogP contribution is 2.51. The van der Waals surface area contributed by atoms with Crippen LogP contribution >= 0.6 is 0 Å². The van der Waals surface area contributed by atoms with Gasteiger partial charge in [0.1, 0.15) is 23.7 Å². The summed E-state index contributed by atoms with van der Waals surface area (Å²) in [7, 11) is 0. The monoisotopic (exact) mass is 586 g/mol. The average molecular weight is 587 g/mol. The third kappa shape index (κ3) is 5.13. The highest BCUT2D eigenvalue weighted by atomic mass is 19.4. The molecule has 2 aromatic carbocycles. The van der Waals surface area contributed by atoms with Gasteiger partial charge in [0.25, 0.3) is 6.01 Å². The number of carbonyl (C=O) groups excluding carboxylic acids is 1. The molecule has 42 heavy (non-hydrogen) atoms. The van der Waals surface area contributed by atoms with Gasteiger partial charge in [-0.2, -0.15) is 4.98 Å². The molecule has 2 atom stereocenters. The molecule has 5 N–H and O–H groups in total. The van der Waals surface area contributed by atoms with Gasteiger partial charge in [-0.05, 0) is 74.6 Å². The SMILES string of the molecule is C[C@]1(N)COc2c1cc([C@@](O)(CCC(=O)c1cc(OC(F)(F)F)c3nc(N)oc3c1)C1CC1)nc2-c1ccc(F)cc1. The van der Waals surface area contributed by atoms with Gasteiger partial charge in [0.15, 0.2) is 28.4 Å². The van der Waals surface area contributed by atoms with Crippen molar-refractivity contribution in [2.24, 2.45) is 11.7 Å². The molecule has 220 valence electrons. The van der Waals surface area contributed by atoms with E-state index in [0.29, 0.717) is 35.4 Å². The minimum atomic E-state index is -5.04. The normalized spacial score (nSPS) is 19.8. The number of carbonyl (C=O) groups is 1. The first-order valence-electron chi connectivity index (χ1n) is 13.2. The van der Waals surface area contributed by atoms with E-state index in [-0.39, 0.29) is 53.7 Å². The number of nitrogens with zero attached hydrogens (tertiary/aromatic N) is 2. The second kappa shape index (κ2) is 9.66. The van der Waals surface area contributed by atoms with Gasteiger partial charge < -0.3 is 30.5 Å². The summed E-state index contributed by atoms with van der Waals surface area (Å²) in [6, 6.07) is 9.11.